The normalized spacial score (nSPS) is 43.5. The lowest BCUT2D eigenvalue weighted by Gasteiger charge is -2.65. The smallest absolute Gasteiger partial charge is 0.321 e. The Balaban J connectivity index is 2.48. The number of hydrogen-bond donors (Lipinski definition) is 4. The van der Waals surface area contributed by atoms with E-state index < -0.39 is 57.3 Å². The van der Waals surface area contributed by atoms with E-state index in [4.69, 9.17) is 0 Å². The maximum absolute atomic E-state index is 11.5. The van der Waals surface area contributed by atoms with Crippen molar-refractivity contribution in [1.29, 1.82) is 0 Å². The van der Waals surface area contributed by atoms with Gasteiger partial charge >= 0.3 is 23.9 Å². The Morgan fingerprint density at radius 1 is 0.955 bits per heavy atom. The molecule has 2 saturated carbocycles. The molecule has 6 unspecified atom stereocenters. The average Bonchev–Trinajstić information content (AvgIpc) is 2.35. The number of halogens is 1. The fraction of sp³-hybridized carbons (Fsp3) is 0.692. The molecule has 0 radical (unpaired) electrons. The Kier molecular flexibility index (Phi) is 3.75. The zero-order valence-electron chi connectivity index (χ0n) is 11.5. The Hall–Kier alpha value is -1.64. The van der Waals surface area contributed by atoms with E-state index in [1.807, 2.05) is 0 Å². The minimum absolute atomic E-state index is 0.179. The van der Waals surface area contributed by atoms with Gasteiger partial charge < -0.3 is 20.4 Å². The number of carboxylic acid groups (broad SMARTS) is 4. The topological polar surface area (TPSA) is 149 Å². The van der Waals surface area contributed by atoms with Gasteiger partial charge in [0.2, 0.25) is 0 Å². The van der Waals surface area contributed by atoms with Gasteiger partial charge in [0.05, 0.1) is 17.8 Å². The predicted molar refractivity (Wildman–Crippen MR) is 73.5 cm³/mol. The molecule has 0 bridgehead atoms. The first-order chi connectivity index (χ1) is 9.97. The van der Waals surface area contributed by atoms with Crippen molar-refractivity contribution in [3.05, 3.63) is 0 Å². The van der Waals surface area contributed by atoms with Gasteiger partial charge in [0.25, 0.3) is 0 Å². The van der Waals surface area contributed by atoms with Crippen molar-refractivity contribution >= 4 is 39.8 Å². The Labute approximate surface area is 133 Å². The van der Waals surface area contributed by atoms with E-state index in [0.29, 0.717) is 0 Å². The van der Waals surface area contributed by atoms with Crippen LogP contribution in [0.25, 0.3) is 0 Å². The lowest BCUT2D eigenvalue weighted by atomic mass is 9.40. The van der Waals surface area contributed by atoms with Crippen molar-refractivity contribution in [2.75, 3.05) is 0 Å². The fourth-order valence-electron chi connectivity index (χ4n) is 4.27. The van der Waals surface area contributed by atoms with E-state index in [0.717, 1.165) is 0 Å². The van der Waals surface area contributed by atoms with Gasteiger partial charge in [0, 0.05) is 0 Å². The van der Waals surface area contributed by atoms with Crippen LogP contribution in [0.15, 0.2) is 0 Å². The van der Waals surface area contributed by atoms with Gasteiger partial charge in [-0.15, -0.1) is 0 Å². The lowest BCUT2D eigenvalue weighted by molar-refractivity contribution is -0.201. The first kappa shape index (κ1) is 16.7. The standard InChI is InChI=1S/C13H15BrO8/c1-12-3-5(9(17)18)4(8(15)16)2-6(12)13(14,11(21)22)7(12)10(19)20/h4-7H,2-3H2,1H3,(H,15,16)(H,17,18)(H,19,20)(H,21,22). The number of hydrogen-bond acceptors (Lipinski definition) is 4. The molecule has 0 amide bonds. The largest absolute Gasteiger partial charge is 0.481 e. The highest BCUT2D eigenvalue weighted by atomic mass is 79.9. The summed E-state index contributed by atoms with van der Waals surface area (Å²) in [4.78, 5) is 45.7. The van der Waals surface area contributed by atoms with Crippen LogP contribution in [-0.4, -0.2) is 48.6 Å². The molecule has 0 aliphatic heterocycles. The van der Waals surface area contributed by atoms with Crippen molar-refractivity contribution in [3.63, 3.8) is 0 Å². The molecule has 4 N–H and O–H groups in total. The number of alkyl halides is 1. The van der Waals surface area contributed by atoms with Crippen molar-refractivity contribution < 1.29 is 39.6 Å². The zero-order valence-corrected chi connectivity index (χ0v) is 13.1. The van der Waals surface area contributed by atoms with Crippen molar-refractivity contribution in [3.8, 4) is 0 Å². The molecule has 2 rings (SSSR count). The van der Waals surface area contributed by atoms with Crippen LogP contribution in [0, 0.1) is 29.1 Å². The van der Waals surface area contributed by atoms with Gasteiger partial charge in [-0.1, -0.05) is 22.9 Å². The van der Waals surface area contributed by atoms with Gasteiger partial charge in [-0.2, -0.15) is 0 Å². The van der Waals surface area contributed by atoms with E-state index in [2.05, 4.69) is 15.9 Å². The van der Waals surface area contributed by atoms with E-state index in [-0.39, 0.29) is 12.8 Å². The number of rotatable bonds is 4. The summed E-state index contributed by atoms with van der Waals surface area (Å²) < 4.78 is -1.77. The van der Waals surface area contributed by atoms with E-state index in [9.17, 15) is 39.6 Å². The Bertz CT molecular complexity index is 574. The van der Waals surface area contributed by atoms with Crippen LogP contribution in [0.5, 0.6) is 0 Å². The molecule has 0 saturated heterocycles. The van der Waals surface area contributed by atoms with E-state index in [1.165, 1.54) is 6.92 Å². The molecule has 2 fully saturated rings. The molecule has 0 spiro atoms. The summed E-state index contributed by atoms with van der Waals surface area (Å²) in [6.45, 7) is 1.52. The third-order valence-corrected chi connectivity index (χ3v) is 6.58. The maximum Gasteiger partial charge on any atom is 0.321 e. The van der Waals surface area contributed by atoms with Crippen LogP contribution < -0.4 is 0 Å². The molecule has 0 heterocycles. The molecule has 122 valence electrons. The highest BCUT2D eigenvalue weighted by Gasteiger charge is 2.76. The van der Waals surface area contributed by atoms with E-state index in [1.54, 1.807) is 0 Å². The van der Waals surface area contributed by atoms with Crippen molar-refractivity contribution in [1.82, 2.24) is 0 Å². The summed E-state index contributed by atoms with van der Waals surface area (Å²) in [5, 5.41) is 37.2. The molecule has 9 heteroatoms. The average molecular weight is 379 g/mol. The number of carbonyl (C=O) groups is 4. The first-order valence-corrected chi connectivity index (χ1v) is 7.38. The number of aliphatic carboxylic acids is 4. The third kappa shape index (κ3) is 1.94. The zero-order chi connectivity index (χ0) is 17.0. The van der Waals surface area contributed by atoms with Gasteiger partial charge in [0.1, 0.15) is 4.32 Å². The molecular weight excluding hydrogens is 364 g/mol. The minimum atomic E-state index is -1.77. The Morgan fingerprint density at radius 2 is 1.45 bits per heavy atom. The summed E-state index contributed by atoms with van der Waals surface area (Å²) in [5.74, 6) is -9.88. The summed E-state index contributed by atoms with van der Waals surface area (Å²) in [7, 11) is 0. The van der Waals surface area contributed by atoms with Crippen LogP contribution in [0.1, 0.15) is 19.8 Å². The second-order valence-electron chi connectivity index (χ2n) is 6.23. The molecule has 0 aromatic carbocycles. The summed E-state index contributed by atoms with van der Waals surface area (Å²) in [6, 6.07) is 0. The van der Waals surface area contributed by atoms with Crippen LogP contribution in [-0.2, 0) is 19.2 Å². The molecule has 2 aliphatic rings. The molecule has 22 heavy (non-hydrogen) atoms. The number of carboxylic acids is 4. The summed E-state index contributed by atoms with van der Waals surface area (Å²) >= 11 is 2.99. The molecule has 6 atom stereocenters. The highest BCUT2D eigenvalue weighted by Crippen LogP contribution is 2.69. The molecule has 8 nitrogen and oxygen atoms in total. The monoisotopic (exact) mass is 378 g/mol. The number of fused-ring (bicyclic) bond motifs is 1. The first-order valence-electron chi connectivity index (χ1n) is 6.58. The van der Waals surface area contributed by atoms with Crippen LogP contribution >= 0.6 is 15.9 Å². The molecule has 2 aliphatic carbocycles. The Morgan fingerprint density at radius 3 is 1.82 bits per heavy atom. The molecule has 0 aromatic rings. The SMILES string of the molecule is CC12CC(C(=O)O)C(C(=O)O)CC1C(Br)(C(=O)O)C2C(=O)O. The van der Waals surface area contributed by atoms with Crippen LogP contribution in [0.4, 0.5) is 0 Å². The maximum atomic E-state index is 11.5. The van der Waals surface area contributed by atoms with Gasteiger partial charge in [-0.3, -0.25) is 19.2 Å². The van der Waals surface area contributed by atoms with Crippen LogP contribution in [0.2, 0.25) is 0 Å². The van der Waals surface area contributed by atoms with Gasteiger partial charge in [-0.25, -0.2) is 0 Å². The van der Waals surface area contributed by atoms with Gasteiger partial charge in [0.15, 0.2) is 0 Å². The third-order valence-electron chi connectivity index (χ3n) is 5.23. The quantitative estimate of drug-likeness (QED) is 0.523. The lowest BCUT2D eigenvalue weighted by Crippen LogP contribution is -2.73. The fourth-order valence-corrected chi connectivity index (χ4v) is 5.70. The summed E-state index contributed by atoms with van der Waals surface area (Å²) in [5.41, 5.74) is -1.08. The van der Waals surface area contributed by atoms with Crippen LogP contribution in [0.3, 0.4) is 0 Å². The summed E-state index contributed by atoms with van der Waals surface area (Å²) in [6.07, 6.45) is -0.369. The van der Waals surface area contributed by atoms with Crippen molar-refractivity contribution in [2.45, 2.75) is 24.1 Å². The molecule has 0 aromatic heterocycles. The minimum Gasteiger partial charge on any atom is -0.481 e. The highest BCUT2D eigenvalue weighted by molar-refractivity contribution is 9.10. The van der Waals surface area contributed by atoms with Gasteiger partial charge in [-0.05, 0) is 24.2 Å². The molecular formula is C13H15BrO8. The van der Waals surface area contributed by atoms with E-state index >= 15 is 0 Å². The predicted octanol–water partition coefficient (Wildman–Crippen LogP) is 0.737. The van der Waals surface area contributed by atoms with Crippen molar-refractivity contribution in [2.24, 2.45) is 29.1 Å². The second-order valence-corrected chi connectivity index (χ2v) is 7.54. The second kappa shape index (κ2) is 4.94.